The molecule has 7 nitrogen and oxygen atoms in total. The number of rotatable bonds is 7. The lowest BCUT2D eigenvalue weighted by Crippen LogP contribution is -2.36. The molecule has 0 unspecified atom stereocenters. The van der Waals surface area contributed by atoms with E-state index in [1.807, 2.05) is 48.5 Å². The first-order valence-electron chi connectivity index (χ1n) is 12.3. The fraction of sp³-hybridized carbons (Fsp3) is 0.207. The highest BCUT2D eigenvalue weighted by Gasteiger charge is 2.18. The van der Waals surface area contributed by atoms with E-state index in [1.165, 1.54) is 12.1 Å². The van der Waals surface area contributed by atoms with E-state index in [2.05, 4.69) is 27.6 Å². The first-order valence-corrected chi connectivity index (χ1v) is 12.3. The SMILES string of the molecule is CN1CCC(Nc2ccc(Nc3ncc4cccc(-c5cccc(C=CC(N)=O)c5)c4n3)cc2F)CC1. The number of aromatic nitrogens is 2. The van der Waals surface area contributed by atoms with Gasteiger partial charge in [-0.2, -0.15) is 0 Å². The Balaban J connectivity index is 1.38. The Morgan fingerprint density at radius 2 is 1.92 bits per heavy atom. The van der Waals surface area contributed by atoms with Gasteiger partial charge in [0.05, 0.1) is 11.2 Å². The van der Waals surface area contributed by atoms with Gasteiger partial charge in [0.2, 0.25) is 11.9 Å². The number of anilines is 3. The lowest BCUT2D eigenvalue weighted by Gasteiger charge is -2.30. The number of nitrogens with two attached hydrogens (primary N) is 1. The number of carbonyl (C=O) groups excluding carboxylic acids is 1. The fourth-order valence-electron chi connectivity index (χ4n) is 4.55. The Kier molecular flexibility index (Phi) is 7.09. The average Bonchev–Trinajstić information content (AvgIpc) is 2.90. The number of amides is 1. The standard InChI is InChI=1S/C29H29FN6O/c1-36-14-12-22(13-15-36)33-26-10-9-23(17-25(26)30)34-29-32-18-21-6-3-7-24(28(21)35-29)20-5-2-4-19(16-20)8-11-27(31)37/h2-11,16-18,22,33H,12-15H2,1H3,(H2,31,37)(H,32,34,35). The van der Waals surface area contributed by atoms with E-state index in [9.17, 15) is 9.18 Å². The Morgan fingerprint density at radius 3 is 2.70 bits per heavy atom. The Labute approximate surface area is 215 Å². The molecule has 1 fully saturated rings. The van der Waals surface area contributed by atoms with Gasteiger partial charge in [-0.3, -0.25) is 4.79 Å². The molecule has 1 aliphatic rings. The van der Waals surface area contributed by atoms with E-state index in [-0.39, 0.29) is 11.9 Å². The smallest absolute Gasteiger partial charge is 0.241 e. The molecule has 1 aromatic heterocycles. The molecule has 0 aliphatic carbocycles. The molecule has 4 N–H and O–H groups in total. The van der Waals surface area contributed by atoms with Crippen LogP contribution in [0.3, 0.4) is 0 Å². The lowest BCUT2D eigenvalue weighted by atomic mass is 10.0. The number of hydrogen-bond acceptors (Lipinski definition) is 6. The van der Waals surface area contributed by atoms with Gasteiger partial charge < -0.3 is 21.3 Å². The van der Waals surface area contributed by atoms with Crippen molar-refractivity contribution in [2.24, 2.45) is 5.73 Å². The van der Waals surface area contributed by atoms with Gasteiger partial charge in [0, 0.05) is 35.0 Å². The molecular formula is C29H29FN6O. The van der Waals surface area contributed by atoms with Crippen LogP contribution in [0, 0.1) is 5.82 Å². The van der Waals surface area contributed by atoms with E-state index in [0.29, 0.717) is 17.3 Å². The van der Waals surface area contributed by atoms with Gasteiger partial charge >= 0.3 is 0 Å². The van der Waals surface area contributed by atoms with Gasteiger partial charge in [-0.05, 0) is 74.4 Å². The maximum Gasteiger partial charge on any atom is 0.241 e. The Morgan fingerprint density at radius 1 is 1.11 bits per heavy atom. The minimum absolute atomic E-state index is 0.275. The normalized spacial score (nSPS) is 14.8. The fourth-order valence-corrected chi connectivity index (χ4v) is 4.55. The van der Waals surface area contributed by atoms with E-state index in [1.54, 1.807) is 18.3 Å². The number of primary amides is 1. The highest BCUT2D eigenvalue weighted by Crippen LogP contribution is 2.30. The van der Waals surface area contributed by atoms with Gasteiger partial charge in [0.15, 0.2) is 0 Å². The first-order chi connectivity index (χ1) is 17.9. The van der Waals surface area contributed by atoms with Crippen molar-refractivity contribution in [2.45, 2.75) is 18.9 Å². The highest BCUT2D eigenvalue weighted by molar-refractivity contribution is 5.95. The Hall–Kier alpha value is -4.30. The van der Waals surface area contributed by atoms with Crippen LogP contribution in [0.4, 0.5) is 21.7 Å². The molecule has 1 aliphatic heterocycles. The maximum absolute atomic E-state index is 14.9. The van der Waals surface area contributed by atoms with Crippen molar-refractivity contribution in [3.8, 4) is 11.1 Å². The van der Waals surface area contributed by atoms with Crippen molar-refractivity contribution in [1.82, 2.24) is 14.9 Å². The number of benzene rings is 3. The van der Waals surface area contributed by atoms with E-state index in [0.717, 1.165) is 53.5 Å². The summed E-state index contributed by atoms with van der Waals surface area (Å²) in [5, 5.41) is 7.36. The summed E-state index contributed by atoms with van der Waals surface area (Å²) >= 11 is 0. The predicted molar refractivity (Wildman–Crippen MR) is 147 cm³/mol. The summed E-state index contributed by atoms with van der Waals surface area (Å²) in [6.07, 6.45) is 6.75. The van der Waals surface area contributed by atoms with Gasteiger partial charge in [0.1, 0.15) is 5.82 Å². The molecule has 8 heteroatoms. The van der Waals surface area contributed by atoms with E-state index in [4.69, 9.17) is 10.7 Å². The number of likely N-dealkylation sites (tertiary alicyclic amines) is 1. The van der Waals surface area contributed by atoms with Crippen LogP contribution in [0.25, 0.3) is 28.1 Å². The largest absolute Gasteiger partial charge is 0.380 e. The Bertz CT molecular complexity index is 1460. The summed E-state index contributed by atoms with van der Waals surface area (Å²) in [4.78, 5) is 22.6. The van der Waals surface area contributed by atoms with Crippen molar-refractivity contribution in [2.75, 3.05) is 30.8 Å². The van der Waals surface area contributed by atoms with Gasteiger partial charge in [-0.15, -0.1) is 0 Å². The van der Waals surface area contributed by atoms with Crippen molar-refractivity contribution in [3.05, 3.63) is 84.3 Å². The zero-order valence-electron chi connectivity index (χ0n) is 20.6. The van der Waals surface area contributed by atoms with Crippen LogP contribution < -0.4 is 16.4 Å². The van der Waals surface area contributed by atoms with Crippen LogP contribution >= 0.6 is 0 Å². The van der Waals surface area contributed by atoms with Crippen LogP contribution in [-0.2, 0) is 4.79 Å². The molecule has 0 saturated carbocycles. The quantitative estimate of drug-likeness (QED) is 0.305. The van der Waals surface area contributed by atoms with Gasteiger partial charge in [-0.25, -0.2) is 14.4 Å². The first kappa shape index (κ1) is 24.4. The average molecular weight is 497 g/mol. The van der Waals surface area contributed by atoms with Gasteiger partial charge in [-0.1, -0.05) is 36.4 Å². The minimum Gasteiger partial charge on any atom is -0.380 e. The van der Waals surface area contributed by atoms with E-state index >= 15 is 0 Å². The molecule has 0 bridgehead atoms. The second kappa shape index (κ2) is 10.8. The van der Waals surface area contributed by atoms with Crippen molar-refractivity contribution < 1.29 is 9.18 Å². The molecule has 0 spiro atoms. The molecule has 188 valence electrons. The van der Waals surface area contributed by atoms with E-state index < -0.39 is 5.91 Å². The number of nitrogens with one attached hydrogen (secondary N) is 2. The van der Waals surface area contributed by atoms with Crippen LogP contribution in [0.2, 0.25) is 0 Å². The van der Waals surface area contributed by atoms with Crippen LogP contribution in [0.15, 0.2) is 72.9 Å². The number of nitrogens with zero attached hydrogens (tertiary/aromatic N) is 3. The molecule has 0 radical (unpaired) electrons. The van der Waals surface area contributed by atoms with Crippen LogP contribution in [0.5, 0.6) is 0 Å². The summed E-state index contributed by atoms with van der Waals surface area (Å²) in [6.45, 7) is 2.02. The maximum atomic E-state index is 14.9. The third-order valence-corrected chi connectivity index (χ3v) is 6.55. The summed E-state index contributed by atoms with van der Waals surface area (Å²) in [5.74, 6) is -0.438. The zero-order chi connectivity index (χ0) is 25.8. The van der Waals surface area contributed by atoms with Crippen molar-refractivity contribution >= 4 is 40.2 Å². The molecular weight excluding hydrogens is 467 g/mol. The van der Waals surface area contributed by atoms with Crippen molar-refractivity contribution in [3.63, 3.8) is 0 Å². The second-order valence-corrected chi connectivity index (χ2v) is 9.34. The predicted octanol–water partition coefficient (Wildman–Crippen LogP) is 5.18. The molecule has 0 atom stereocenters. The molecule has 2 heterocycles. The second-order valence-electron chi connectivity index (χ2n) is 9.34. The molecule has 5 rings (SSSR count). The molecule has 4 aromatic rings. The molecule has 37 heavy (non-hydrogen) atoms. The van der Waals surface area contributed by atoms with Crippen LogP contribution in [-0.4, -0.2) is 47.0 Å². The van der Waals surface area contributed by atoms with Crippen LogP contribution in [0.1, 0.15) is 18.4 Å². The molecule has 1 saturated heterocycles. The number of piperidine rings is 1. The number of fused-ring (bicyclic) bond motifs is 1. The highest BCUT2D eigenvalue weighted by atomic mass is 19.1. The lowest BCUT2D eigenvalue weighted by molar-refractivity contribution is -0.113. The summed E-state index contributed by atoms with van der Waals surface area (Å²) in [5.41, 5.74) is 9.78. The topological polar surface area (TPSA) is 96.2 Å². The summed E-state index contributed by atoms with van der Waals surface area (Å²) in [7, 11) is 2.11. The zero-order valence-corrected chi connectivity index (χ0v) is 20.6. The summed E-state index contributed by atoms with van der Waals surface area (Å²) < 4.78 is 14.9. The molecule has 3 aromatic carbocycles. The summed E-state index contributed by atoms with van der Waals surface area (Å²) in [6, 6.07) is 19.0. The number of halogens is 1. The third-order valence-electron chi connectivity index (χ3n) is 6.55. The molecule has 1 amide bonds. The monoisotopic (exact) mass is 496 g/mol. The van der Waals surface area contributed by atoms with Crippen molar-refractivity contribution in [1.29, 1.82) is 0 Å². The number of para-hydroxylation sites is 1. The van der Waals surface area contributed by atoms with Gasteiger partial charge in [0.25, 0.3) is 0 Å². The number of carbonyl (C=O) groups is 1. The number of hydrogen-bond donors (Lipinski definition) is 3. The third kappa shape index (κ3) is 5.92. The minimum atomic E-state index is -0.499.